The molecule has 1 aromatic heterocycles. The zero-order chi connectivity index (χ0) is 13.7. The van der Waals surface area contributed by atoms with Gasteiger partial charge in [0.2, 0.25) is 5.82 Å². The molecule has 0 amide bonds. The monoisotopic (exact) mass is 264 g/mol. The molecule has 0 spiro atoms. The van der Waals surface area contributed by atoms with E-state index in [1.54, 1.807) is 12.3 Å². The molecule has 0 bridgehead atoms. The lowest BCUT2D eigenvalue weighted by Gasteiger charge is -2.08. The first-order valence-corrected chi connectivity index (χ1v) is 5.97. The van der Waals surface area contributed by atoms with Crippen LogP contribution in [0.4, 0.5) is 8.78 Å². The Morgan fingerprint density at radius 3 is 2.89 bits per heavy atom. The molecule has 5 heteroatoms. The van der Waals surface area contributed by atoms with Crippen molar-refractivity contribution in [2.24, 2.45) is 0 Å². The van der Waals surface area contributed by atoms with Crippen molar-refractivity contribution in [3.05, 3.63) is 53.9 Å². The highest BCUT2D eigenvalue weighted by Gasteiger charge is 2.10. The van der Waals surface area contributed by atoms with Crippen LogP contribution in [0.2, 0.25) is 0 Å². The summed E-state index contributed by atoms with van der Waals surface area (Å²) in [5.41, 5.74) is 0.913. The Balaban J connectivity index is 2.16. The van der Waals surface area contributed by atoms with Crippen LogP contribution >= 0.6 is 0 Å². The average Bonchev–Trinajstić information content (AvgIpc) is 2.42. The molecule has 1 aromatic carbocycles. The second kappa shape index (κ2) is 6.24. The number of pyridine rings is 1. The van der Waals surface area contributed by atoms with Crippen LogP contribution in [-0.4, -0.2) is 11.5 Å². The third-order valence-electron chi connectivity index (χ3n) is 2.49. The normalized spacial score (nSPS) is 10.5. The number of rotatable bonds is 5. The van der Waals surface area contributed by atoms with E-state index < -0.39 is 11.6 Å². The average molecular weight is 264 g/mol. The Bertz CT molecular complexity index is 561. The van der Waals surface area contributed by atoms with Gasteiger partial charge in [0, 0.05) is 12.7 Å². The molecule has 0 radical (unpaired) electrons. The highest BCUT2D eigenvalue weighted by Crippen LogP contribution is 2.25. The Morgan fingerprint density at radius 2 is 2.11 bits per heavy atom. The molecule has 0 unspecified atom stereocenters. The maximum absolute atomic E-state index is 13.5. The van der Waals surface area contributed by atoms with Gasteiger partial charge in [-0.25, -0.2) is 4.39 Å². The maximum atomic E-state index is 13.5. The molecule has 2 rings (SSSR count). The maximum Gasteiger partial charge on any atom is 0.201 e. The minimum absolute atomic E-state index is 0.151. The van der Waals surface area contributed by atoms with Gasteiger partial charge in [-0.15, -0.1) is 0 Å². The first-order valence-electron chi connectivity index (χ1n) is 5.97. The molecule has 100 valence electrons. The summed E-state index contributed by atoms with van der Waals surface area (Å²) in [6, 6.07) is 5.54. The minimum Gasteiger partial charge on any atom is -0.453 e. The molecule has 0 aliphatic rings. The largest absolute Gasteiger partial charge is 0.453 e. The number of nitrogens with zero attached hydrogens (tertiary/aromatic N) is 1. The molecular formula is C14H14F2N2O. The van der Waals surface area contributed by atoms with E-state index in [9.17, 15) is 8.78 Å². The van der Waals surface area contributed by atoms with Crippen molar-refractivity contribution in [2.75, 3.05) is 6.54 Å². The fourth-order valence-corrected chi connectivity index (χ4v) is 1.58. The van der Waals surface area contributed by atoms with E-state index in [1.807, 2.05) is 6.92 Å². The summed E-state index contributed by atoms with van der Waals surface area (Å²) < 4.78 is 31.8. The van der Waals surface area contributed by atoms with Crippen LogP contribution in [0.3, 0.4) is 0 Å². The molecule has 0 aliphatic carbocycles. The smallest absolute Gasteiger partial charge is 0.201 e. The summed E-state index contributed by atoms with van der Waals surface area (Å²) in [7, 11) is 0. The van der Waals surface area contributed by atoms with Gasteiger partial charge >= 0.3 is 0 Å². The van der Waals surface area contributed by atoms with E-state index >= 15 is 0 Å². The van der Waals surface area contributed by atoms with Crippen molar-refractivity contribution in [3.8, 4) is 11.5 Å². The standard InChI is InChI=1S/C14H14F2N2O/c1-2-17-7-10-6-11(9-18-8-10)19-13-5-3-4-12(15)14(13)16/h3-6,8-9,17H,2,7H2,1H3. The highest BCUT2D eigenvalue weighted by atomic mass is 19.2. The molecular weight excluding hydrogens is 250 g/mol. The van der Waals surface area contributed by atoms with Crippen molar-refractivity contribution >= 4 is 0 Å². The van der Waals surface area contributed by atoms with Gasteiger partial charge in [0.1, 0.15) is 5.75 Å². The van der Waals surface area contributed by atoms with Gasteiger partial charge < -0.3 is 10.1 Å². The van der Waals surface area contributed by atoms with Gasteiger partial charge in [0.25, 0.3) is 0 Å². The van der Waals surface area contributed by atoms with Crippen molar-refractivity contribution in [2.45, 2.75) is 13.5 Å². The third-order valence-corrected chi connectivity index (χ3v) is 2.49. The summed E-state index contributed by atoms with van der Waals surface area (Å²) >= 11 is 0. The lowest BCUT2D eigenvalue weighted by atomic mass is 10.2. The SMILES string of the molecule is CCNCc1cncc(Oc2cccc(F)c2F)c1. The lowest BCUT2D eigenvalue weighted by Crippen LogP contribution is -2.11. The van der Waals surface area contributed by atoms with E-state index in [1.165, 1.54) is 18.3 Å². The summed E-state index contributed by atoms with van der Waals surface area (Å²) in [5, 5.41) is 3.15. The summed E-state index contributed by atoms with van der Waals surface area (Å²) in [6.45, 7) is 3.48. The number of hydrogen-bond acceptors (Lipinski definition) is 3. The summed E-state index contributed by atoms with van der Waals surface area (Å²) in [5.74, 6) is -1.71. The van der Waals surface area contributed by atoms with Gasteiger partial charge in [-0.05, 0) is 30.3 Å². The number of benzene rings is 1. The Hall–Kier alpha value is -2.01. The fraction of sp³-hybridized carbons (Fsp3) is 0.214. The molecule has 0 aliphatic heterocycles. The number of halogens is 2. The second-order valence-corrected chi connectivity index (χ2v) is 3.96. The van der Waals surface area contributed by atoms with Crippen molar-refractivity contribution in [1.29, 1.82) is 0 Å². The lowest BCUT2D eigenvalue weighted by molar-refractivity contribution is 0.414. The molecule has 0 atom stereocenters. The highest BCUT2D eigenvalue weighted by molar-refractivity contribution is 5.32. The van der Waals surface area contributed by atoms with Crippen molar-refractivity contribution in [1.82, 2.24) is 10.3 Å². The predicted molar refractivity (Wildman–Crippen MR) is 68.0 cm³/mol. The zero-order valence-corrected chi connectivity index (χ0v) is 10.5. The zero-order valence-electron chi connectivity index (χ0n) is 10.5. The first-order chi connectivity index (χ1) is 9.20. The Kier molecular flexibility index (Phi) is 4.41. The molecule has 1 heterocycles. The van der Waals surface area contributed by atoms with Crippen LogP contribution in [0, 0.1) is 11.6 Å². The van der Waals surface area contributed by atoms with Gasteiger partial charge in [0.05, 0.1) is 6.20 Å². The number of ether oxygens (including phenoxy) is 1. The van der Waals surface area contributed by atoms with Crippen LogP contribution in [0.15, 0.2) is 36.7 Å². The molecule has 19 heavy (non-hydrogen) atoms. The molecule has 2 aromatic rings. The summed E-state index contributed by atoms with van der Waals surface area (Å²) in [4.78, 5) is 4.00. The molecule has 0 saturated carbocycles. The summed E-state index contributed by atoms with van der Waals surface area (Å²) in [6.07, 6.45) is 3.15. The van der Waals surface area contributed by atoms with E-state index in [4.69, 9.17) is 4.74 Å². The van der Waals surface area contributed by atoms with Crippen LogP contribution < -0.4 is 10.1 Å². The van der Waals surface area contributed by atoms with Crippen LogP contribution in [0.1, 0.15) is 12.5 Å². The van der Waals surface area contributed by atoms with E-state index in [0.29, 0.717) is 12.3 Å². The molecule has 0 saturated heterocycles. The number of aromatic nitrogens is 1. The van der Waals surface area contributed by atoms with Crippen molar-refractivity contribution < 1.29 is 13.5 Å². The van der Waals surface area contributed by atoms with Crippen LogP contribution in [0.5, 0.6) is 11.5 Å². The third kappa shape index (κ3) is 3.48. The van der Waals surface area contributed by atoms with Gasteiger partial charge in [-0.1, -0.05) is 13.0 Å². The fourth-order valence-electron chi connectivity index (χ4n) is 1.58. The Morgan fingerprint density at radius 1 is 1.26 bits per heavy atom. The molecule has 1 N–H and O–H groups in total. The van der Waals surface area contributed by atoms with Crippen molar-refractivity contribution in [3.63, 3.8) is 0 Å². The first kappa shape index (κ1) is 13.4. The second-order valence-electron chi connectivity index (χ2n) is 3.96. The quantitative estimate of drug-likeness (QED) is 0.900. The number of nitrogens with one attached hydrogen (secondary N) is 1. The molecule has 0 fully saturated rings. The van der Waals surface area contributed by atoms with E-state index in [-0.39, 0.29) is 5.75 Å². The van der Waals surface area contributed by atoms with Gasteiger partial charge in [-0.3, -0.25) is 4.98 Å². The minimum atomic E-state index is -1.00. The Labute approximate surface area is 110 Å². The van der Waals surface area contributed by atoms with E-state index in [0.717, 1.165) is 18.2 Å². The van der Waals surface area contributed by atoms with Crippen LogP contribution in [-0.2, 0) is 6.54 Å². The predicted octanol–water partition coefficient (Wildman–Crippen LogP) is 3.26. The van der Waals surface area contributed by atoms with E-state index in [2.05, 4.69) is 10.3 Å². The van der Waals surface area contributed by atoms with Gasteiger partial charge in [0.15, 0.2) is 11.6 Å². The van der Waals surface area contributed by atoms with Gasteiger partial charge in [-0.2, -0.15) is 4.39 Å². The number of hydrogen-bond donors (Lipinski definition) is 1. The molecule has 3 nitrogen and oxygen atoms in total. The van der Waals surface area contributed by atoms with Crippen LogP contribution in [0.25, 0.3) is 0 Å². The topological polar surface area (TPSA) is 34.2 Å².